The van der Waals surface area contributed by atoms with E-state index in [1.807, 2.05) is 13.8 Å². The number of nitrogens with one attached hydrogen (secondary N) is 3. The number of amides is 4. The molecule has 0 saturated carbocycles. The molecule has 1 aliphatic heterocycles. The van der Waals surface area contributed by atoms with Crippen molar-refractivity contribution in [2.45, 2.75) is 150 Å². The molecule has 1 heterocycles. The Morgan fingerprint density at radius 3 is 1.86 bits per heavy atom. The Bertz CT molecular complexity index is 962. The summed E-state index contributed by atoms with van der Waals surface area (Å²) in [5, 5.41) is 8.18. The Morgan fingerprint density at radius 1 is 0.767 bits per heavy atom. The van der Waals surface area contributed by atoms with Crippen molar-refractivity contribution >= 4 is 30.0 Å². The van der Waals surface area contributed by atoms with Crippen molar-refractivity contribution in [1.29, 1.82) is 0 Å². The monoisotopic (exact) mass is 612 g/mol. The van der Waals surface area contributed by atoms with Gasteiger partial charge in [0.25, 0.3) is 0 Å². The lowest BCUT2D eigenvalue weighted by molar-refractivity contribution is -0.163. The molecule has 3 atom stereocenters. The number of carbonyl (C=O) groups is 5. The Labute approximate surface area is 257 Å². The highest BCUT2D eigenvalue weighted by molar-refractivity contribution is 5.93. The van der Waals surface area contributed by atoms with Gasteiger partial charge in [-0.05, 0) is 107 Å². The number of hydrogen-bond acceptors (Lipinski definition) is 8. The molecule has 0 aromatic rings. The highest BCUT2D eigenvalue weighted by atomic mass is 16.6. The second-order valence-corrected chi connectivity index (χ2v) is 14.5. The number of carbonyl (C=O) groups excluding carboxylic acids is 5. The van der Waals surface area contributed by atoms with Crippen LogP contribution in [0.25, 0.3) is 0 Å². The van der Waals surface area contributed by atoms with Gasteiger partial charge in [-0.3, -0.25) is 9.59 Å². The van der Waals surface area contributed by atoms with Crippen LogP contribution in [-0.2, 0) is 28.6 Å². The van der Waals surface area contributed by atoms with Crippen molar-refractivity contribution in [1.82, 2.24) is 20.9 Å². The molecule has 0 aliphatic carbocycles. The number of likely N-dealkylation sites (tertiary alicyclic amines) is 1. The van der Waals surface area contributed by atoms with Gasteiger partial charge < -0.3 is 35.1 Å². The molecule has 4 amide bonds. The predicted molar refractivity (Wildman–Crippen MR) is 163 cm³/mol. The molecule has 0 spiro atoms. The van der Waals surface area contributed by atoms with Gasteiger partial charge in [0.2, 0.25) is 11.8 Å². The van der Waals surface area contributed by atoms with Gasteiger partial charge in [0, 0.05) is 13.1 Å². The van der Waals surface area contributed by atoms with Crippen LogP contribution in [0.3, 0.4) is 0 Å². The van der Waals surface area contributed by atoms with Crippen LogP contribution in [0.4, 0.5) is 9.59 Å². The maximum Gasteiger partial charge on any atom is 0.408 e. The van der Waals surface area contributed by atoms with Crippen molar-refractivity contribution in [2.24, 2.45) is 5.92 Å². The number of esters is 1. The summed E-state index contributed by atoms with van der Waals surface area (Å²) in [5.41, 5.74) is -2.08. The normalized spacial score (nSPS) is 17.1. The van der Waals surface area contributed by atoms with E-state index in [-0.39, 0.29) is 18.2 Å². The van der Waals surface area contributed by atoms with Gasteiger partial charge in [0.15, 0.2) is 0 Å². The smallest absolute Gasteiger partial charge is 0.408 e. The molecule has 0 bridgehead atoms. The Hall–Kier alpha value is -3.05. The zero-order valence-corrected chi connectivity index (χ0v) is 28.2. The summed E-state index contributed by atoms with van der Waals surface area (Å²) in [6.45, 7) is 20.4. The summed E-state index contributed by atoms with van der Waals surface area (Å²) in [5.74, 6) is -1.32. The zero-order valence-electron chi connectivity index (χ0n) is 28.2. The lowest BCUT2D eigenvalue weighted by Gasteiger charge is -2.31. The van der Waals surface area contributed by atoms with Crippen molar-refractivity contribution in [3.8, 4) is 0 Å². The first kappa shape index (κ1) is 38.0. The molecule has 1 rings (SSSR count). The largest absolute Gasteiger partial charge is 0.458 e. The summed E-state index contributed by atoms with van der Waals surface area (Å²) in [4.78, 5) is 66.3. The molecule has 43 heavy (non-hydrogen) atoms. The van der Waals surface area contributed by atoms with Gasteiger partial charge in [-0.2, -0.15) is 0 Å². The molecule has 12 nitrogen and oxygen atoms in total. The van der Waals surface area contributed by atoms with E-state index in [9.17, 15) is 24.0 Å². The average molecular weight is 613 g/mol. The molecule has 248 valence electrons. The topological polar surface area (TPSA) is 152 Å². The van der Waals surface area contributed by atoms with Gasteiger partial charge in [-0.25, -0.2) is 14.4 Å². The first-order chi connectivity index (χ1) is 19.6. The van der Waals surface area contributed by atoms with E-state index in [1.54, 1.807) is 62.3 Å². The van der Waals surface area contributed by atoms with Gasteiger partial charge in [0.05, 0.1) is 0 Å². The van der Waals surface area contributed by atoms with Crippen LogP contribution in [0.15, 0.2) is 0 Å². The second kappa shape index (κ2) is 16.1. The zero-order chi connectivity index (χ0) is 33.2. The fourth-order valence-corrected chi connectivity index (χ4v) is 4.51. The Morgan fingerprint density at radius 2 is 1.33 bits per heavy atom. The van der Waals surface area contributed by atoms with Crippen LogP contribution < -0.4 is 16.0 Å². The maximum atomic E-state index is 13.8. The summed E-state index contributed by atoms with van der Waals surface area (Å²) in [7, 11) is 0. The van der Waals surface area contributed by atoms with E-state index >= 15 is 0 Å². The van der Waals surface area contributed by atoms with E-state index in [0.29, 0.717) is 45.2 Å². The van der Waals surface area contributed by atoms with Crippen LogP contribution >= 0.6 is 0 Å². The maximum absolute atomic E-state index is 13.8. The molecule has 3 N–H and O–H groups in total. The number of unbranched alkanes of at least 4 members (excludes halogenated alkanes) is 1. The number of rotatable bonds is 12. The fraction of sp³-hybridized carbons (Fsp3) is 0.839. The lowest BCUT2D eigenvalue weighted by atomic mass is 10.0. The van der Waals surface area contributed by atoms with Gasteiger partial charge in [-0.1, -0.05) is 13.8 Å². The standard InChI is InChI=1S/C31H56N4O8/c1-20(2)19-22(34-28(40)43-31(9,10)11)24(36)33-21(15-12-13-17-32-27(39)42-30(6,7)8)25(37)35-18-14-16-23(35)26(38)41-29(3,4)5/h20-23H,12-19H2,1-11H3,(H,32,39)(H,33,36)(H,34,40)/t21-,22-,23-/m0/s1. The summed E-state index contributed by atoms with van der Waals surface area (Å²) in [6, 6.07) is -2.63. The third-order valence-corrected chi connectivity index (χ3v) is 6.13. The van der Waals surface area contributed by atoms with Crippen molar-refractivity contribution < 1.29 is 38.2 Å². The molecular weight excluding hydrogens is 556 g/mol. The summed E-state index contributed by atoms with van der Waals surface area (Å²) >= 11 is 0. The molecule has 0 unspecified atom stereocenters. The van der Waals surface area contributed by atoms with Crippen molar-refractivity contribution in [3.63, 3.8) is 0 Å². The molecule has 0 aromatic heterocycles. The molecular formula is C31H56N4O8. The van der Waals surface area contributed by atoms with E-state index in [2.05, 4.69) is 16.0 Å². The SMILES string of the molecule is CC(C)C[C@H](NC(=O)OC(C)(C)C)C(=O)N[C@@H](CCCCNC(=O)OC(C)(C)C)C(=O)N1CCC[C@H]1C(=O)OC(C)(C)C. The van der Waals surface area contributed by atoms with Crippen LogP contribution in [0.1, 0.15) is 115 Å². The molecule has 1 fully saturated rings. The molecule has 12 heteroatoms. The summed E-state index contributed by atoms with van der Waals surface area (Å²) < 4.78 is 16.2. The Balaban J connectivity index is 3.07. The Kier molecular flexibility index (Phi) is 14.3. The molecule has 1 aliphatic rings. The molecule has 0 radical (unpaired) electrons. The van der Waals surface area contributed by atoms with E-state index in [0.717, 1.165) is 0 Å². The highest BCUT2D eigenvalue weighted by Crippen LogP contribution is 2.23. The number of hydrogen-bond donors (Lipinski definition) is 3. The first-order valence-corrected chi connectivity index (χ1v) is 15.4. The third-order valence-electron chi connectivity index (χ3n) is 6.13. The predicted octanol–water partition coefficient (Wildman–Crippen LogP) is 4.44. The fourth-order valence-electron chi connectivity index (χ4n) is 4.51. The minimum Gasteiger partial charge on any atom is -0.458 e. The van der Waals surface area contributed by atoms with E-state index in [4.69, 9.17) is 14.2 Å². The molecule has 1 saturated heterocycles. The van der Waals surface area contributed by atoms with Crippen LogP contribution in [-0.4, -0.2) is 82.9 Å². The van der Waals surface area contributed by atoms with Crippen LogP contribution in [0.2, 0.25) is 0 Å². The minimum absolute atomic E-state index is 0.0638. The minimum atomic E-state index is -0.952. The number of alkyl carbamates (subject to hydrolysis) is 2. The average Bonchev–Trinajstić information content (AvgIpc) is 3.28. The van der Waals surface area contributed by atoms with Crippen molar-refractivity contribution in [2.75, 3.05) is 13.1 Å². The van der Waals surface area contributed by atoms with Crippen LogP contribution in [0.5, 0.6) is 0 Å². The molecule has 0 aromatic carbocycles. The third kappa shape index (κ3) is 15.8. The van der Waals surface area contributed by atoms with Crippen molar-refractivity contribution in [3.05, 3.63) is 0 Å². The number of ether oxygens (including phenoxy) is 3. The van der Waals surface area contributed by atoms with Gasteiger partial charge in [0.1, 0.15) is 34.9 Å². The highest BCUT2D eigenvalue weighted by Gasteiger charge is 2.40. The van der Waals surface area contributed by atoms with Crippen LogP contribution in [0, 0.1) is 5.92 Å². The summed E-state index contributed by atoms with van der Waals surface area (Å²) in [6.07, 6.45) is 1.45. The van der Waals surface area contributed by atoms with E-state index in [1.165, 1.54) is 4.90 Å². The quantitative estimate of drug-likeness (QED) is 0.166. The first-order valence-electron chi connectivity index (χ1n) is 15.4. The number of nitrogens with zero attached hydrogens (tertiary/aromatic N) is 1. The second-order valence-electron chi connectivity index (χ2n) is 14.5. The van der Waals surface area contributed by atoms with Gasteiger partial charge in [-0.15, -0.1) is 0 Å². The van der Waals surface area contributed by atoms with E-state index < -0.39 is 59.0 Å². The van der Waals surface area contributed by atoms with Gasteiger partial charge >= 0.3 is 18.2 Å². The lowest BCUT2D eigenvalue weighted by Crippen LogP contribution is -2.56.